The minimum absolute atomic E-state index is 0.0255. The predicted octanol–water partition coefficient (Wildman–Crippen LogP) is 2.79. The van der Waals surface area contributed by atoms with Crippen molar-refractivity contribution in [1.82, 2.24) is 0 Å². The van der Waals surface area contributed by atoms with E-state index in [0.717, 1.165) is 11.1 Å². The second kappa shape index (κ2) is 4.43. The molecule has 0 atom stereocenters. The molecular weight excluding hydrogens is 176 g/mol. The maximum absolute atomic E-state index is 11.4. The van der Waals surface area contributed by atoms with E-state index in [1.54, 1.807) is 0 Å². The normalized spacial score (nSPS) is 10.0. The largest absolute Gasteiger partial charge is 0.280 e. The molecule has 0 unspecified atom stereocenters. The van der Waals surface area contributed by atoms with E-state index < -0.39 is 8.07 Å². The molecule has 1 nitrogen and oxygen atoms in total. The fourth-order valence-corrected chi connectivity index (χ4v) is 1.05. The lowest BCUT2D eigenvalue weighted by Crippen LogP contribution is -2.17. The van der Waals surface area contributed by atoms with Gasteiger partial charge in [-0.25, -0.2) is 0 Å². The summed E-state index contributed by atoms with van der Waals surface area (Å²) in [7, 11) is -1.41. The van der Waals surface area contributed by atoms with Crippen LogP contribution in [-0.2, 0) is 4.79 Å². The molecular formula is C11H18OSi. The van der Waals surface area contributed by atoms with Gasteiger partial charge in [-0.15, -0.1) is 5.54 Å². The van der Waals surface area contributed by atoms with Crippen molar-refractivity contribution >= 4 is 13.9 Å². The molecule has 0 aliphatic heterocycles. The number of Topliss-reactive ketones (excluding diaryl/α,β-unsaturated/α-hetero) is 1. The molecule has 2 heteroatoms. The molecule has 0 saturated carbocycles. The Morgan fingerprint density at radius 1 is 1.08 bits per heavy atom. The smallest absolute Gasteiger partial charge is 0.230 e. The average molecular weight is 194 g/mol. The second-order valence-electron chi connectivity index (χ2n) is 4.45. The number of allylic oxidation sites excluding steroid dienone is 2. The van der Waals surface area contributed by atoms with Crippen molar-refractivity contribution in [2.45, 2.75) is 40.4 Å². The average Bonchev–Trinajstić information content (AvgIpc) is 1.97. The van der Waals surface area contributed by atoms with E-state index in [0.29, 0.717) is 0 Å². The van der Waals surface area contributed by atoms with E-state index in [1.807, 2.05) is 20.8 Å². The summed E-state index contributed by atoms with van der Waals surface area (Å²) in [5.74, 6) is 2.69. The summed E-state index contributed by atoms with van der Waals surface area (Å²) >= 11 is 0. The third-order valence-corrected chi connectivity index (χ3v) is 2.52. The first-order valence-electron chi connectivity index (χ1n) is 4.45. The Labute approximate surface area is 82.2 Å². The van der Waals surface area contributed by atoms with Crippen LogP contribution in [0.1, 0.15) is 20.8 Å². The van der Waals surface area contributed by atoms with Crippen LogP contribution in [0, 0.1) is 11.5 Å². The minimum atomic E-state index is -1.41. The van der Waals surface area contributed by atoms with Gasteiger partial charge in [0.05, 0.1) is 0 Å². The molecule has 0 saturated heterocycles. The van der Waals surface area contributed by atoms with Gasteiger partial charge in [-0.3, -0.25) is 4.79 Å². The van der Waals surface area contributed by atoms with Gasteiger partial charge in [-0.2, -0.15) is 0 Å². The number of rotatable bonds is 1. The SMILES string of the molecule is CC(C)=C(C)C(=O)C#C[Si](C)(C)C. The van der Waals surface area contributed by atoms with Gasteiger partial charge in [0.2, 0.25) is 5.78 Å². The maximum atomic E-state index is 11.4. The quantitative estimate of drug-likeness (QED) is 0.356. The van der Waals surface area contributed by atoms with Crippen LogP contribution in [0.25, 0.3) is 0 Å². The van der Waals surface area contributed by atoms with Gasteiger partial charge in [0.1, 0.15) is 8.07 Å². The molecule has 0 aliphatic rings. The summed E-state index contributed by atoms with van der Waals surface area (Å²) in [4.78, 5) is 11.4. The first-order valence-corrected chi connectivity index (χ1v) is 7.95. The number of carbonyl (C=O) groups excluding carboxylic acids is 1. The van der Waals surface area contributed by atoms with E-state index in [2.05, 4.69) is 31.1 Å². The van der Waals surface area contributed by atoms with Crippen LogP contribution >= 0.6 is 0 Å². The van der Waals surface area contributed by atoms with Crippen LogP contribution in [0.2, 0.25) is 19.6 Å². The Balaban J connectivity index is 4.66. The van der Waals surface area contributed by atoms with Crippen LogP contribution < -0.4 is 0 Å². The van der Waals surface area contributed by atoms with E-state index in [1.165, 1.54) is 0 Å². The topological polar surface area (TPSA) is 17.1 Å². The van der Waals surface area contributed by atoms with Crippen molar-refractivity contribution in [3.05, 3.63) is 11.1 Å². The van der Waals surface area contributed by atoms with Crippen molar-refractivity contribution in [3.8, 4) is 11.5 Å². The van der Waals surface area contributed by atoms with Gasteiger partial charge in [0.25, 0.3) is 0 Å². The van der Waals surface area contributed by atoms with Crippen molar-refractivity contribution in [3.63, 3.8) is 0 Å². The summed E-state index contributed by atoms with van der Waals surface area (Å²) in [5.41, 5.74) is 4.90. The number of carbonyl (C=O) groups is 1. The van der Waals surface area contributed by atoms with E-state index in [4.69, 9.17) is 0 Å². The summed E-state index contributed by atoms with van der Waals surface area (Å²) in [6.45, 7) is 12.1. The van der Waals surface area contributed by atoms with Crippen LogP contribution in [0.3, 0.4) is 0 Å². The zero-order valence-corrected chi connectivity index (χ0v) is 10.4. The highest BCUT2D eigenvalue weighted by Gasteiger charge is 2.09. The van der Waals surface area contributed by atoms with Crippen LogP contribution in [-0.4, -0.2) is 13.9 Å². The summed E-state index contributed by atoms with van der Waals surface area (Å²) in [5, 5.41) is 0. The summed E-state index contributed by atoms with van der Waals surface area (Å²) < 4.78 is 0. The van der Waals surface area contributed by atoms with Crippen LogP contribution in [0.4, 0.5) is 0 Å². The molecule has 0 aromatic rings. The van der Waals surface area contributed by atoms with E-state index in [9.17, 15) is 4.79 Å². The van der Waals surface area contributed by atoms with Gasteiger partial charge < -0.3 is 0 Å². The van der Waals surface area contributed by atoms with Gasteiger partial charge >= 0.3 is 0 Å². The Morgan fingerprint density at radius 2 is 1.54 bits per heavy atom. The highest BCUT2D eigenvalue weighted by atomic mass is 28.3. The highest BCUT2D eigenvalue weighted by molar-refractivity contribution is 6.84. The molecule has 0 radical (unpaired) electrons. The van der Waals surface area contributed by atoms with E-state index in [-0.39, 0.29) is 5.78 Å². The van der Waals surface area contributed by atoms with Gasteiger partial charge in [0, 0.05) is 5.57 Å². The number of ketones is 1. The lowest BCUT2D eigenvalue weighted by molar-refractivity contribution is -0.110. The molecule has 72 valence electrons. The first-order chi connectivity index (χ1) is 5.74. The third-order valence-electron chi connectivity index (χ3n) is 1.64. The van der Waals surface area contributed by atoms with Crippen LogP contribution in [0.15, 0.2) is 11.1 Å². The second-order valence-corrected chi connectivity index (χ2v) is 9.20. The lowest BCUT2D eigenvalue weighted by atomic mass is 10.1. The molecule has 0 bridgehead atoms. The lowest BCUT2D eigenvalue weighted by Gasteiger charge is -2.03. The fourth-order valence-electron chi connectivity index (χ4n) is 0.565. The van der Waals surface area contributed by atoms with Gasteiger partial charge in [0.15, 0.2) is 0 Å². The number of hydrogen-bond donors (Lipinski definition) is 0. The predicted molar refractivity (Wildman–Crippen MR) is 60.2 cm³/mol. The molecule has 0 rings (SSSR count). The molecule has 0 aromatic heterocycles. The highest BCUT2D eigenvalue weighted by Crippen LogP contribution is 2.03. The van der Waals surface area contributed by atoms with Crippen molar-refractivity contribution < 1.29 is 4.79 Å². The molecule has 0 N–H and O–H groups in total. The summed E-state index contributed by atoms with van der Waals surface area (Å²) in [6, 6.07) is 0. The molecule has 0 heterocycles. The molecule has 0 fully saturated rings. The standard InChI is InChI=1S/C11H18OSi/c1-9(2)10(3)11(12)7-8-13(4,5)6/h1-6H3. The fraction of sp³-hybridized carbons (Fsp3) is 0.545. The van der Waals surface area contributed by atoms with Crippen LogP contribution in [0.5, 0.6) is 0 Å². The van der Waals surface area contributed by atoms with Crippen molar-refractivity contribution in [1.29, 1.82) is 0 Å². The molecule has 0 spiro atoms. The van der Waals surface area contributed by atoms with Gasteiger partial charge in [-0.1, -0.05) is 25.2 Å². The van der Waals surface area contributed by atoms with Crippen molar-refractivity contribution in [2.75, 3.05) is 0 Å². The Kier molecular flexibility index (Phi) is 4.15. The molecule has 0 aromatic carbocycles. The Hall–Kier alpha value is -0.813. The minimum Gasteiger partial charge on any atom is -0.280 e. The monoisotopic (exact) mass is 194 g/mol. The first kappa shape index (κ1) is 12.2. The van der Waals surface area contributed by atoms with Gasteiger partial charge in [-0.05, 0) is 26.7 Å². The van der Waals surface area contributed by atoms with E-state index >= 15 is 0 Å². The van der Waals surface area contributed by atoms with Crippen molar-refractivity contribution in [2.24, 2.45) is 0 Å². The summed E-state index contributed by atoms with van der Waals surface area (Å²) in [6.07, 6.45) is 0. The molecule has 13 heavy (non-hydrogen) atoms. The molecule has 0 aliphatic carbocycles. The Morgan fingerprint density at radius 3 is 1.85 bits per heavy atom. The zero-order chi connectivity index (χ0) is 10.6. The zero-order valence-electron chi connectivity index (χ0n) is 9.41. The maximum Gasteiger partial charge on any atom is 0.230 e. The Bertz CT molecular complexity index is 290. The molecule has 0 amide bonds. The third kappa shape index (κ3) is 5.43. The number of hydrogen-bond acceptors (Lipinski definition) is 1.